The molecule has 1 aromatic carbocycles. The molecule has 26 heavy (non-hydrogen) atoms. The van der Waals surface area contributed by atoms with Gasteiger partial charge in [0.25, 0.3) is 0 Å². The molecule has 2 nitrogen and oxygen atoms in total. The maximum Gasteiger partial charge on any atom is 0.204 e. The zero-order valence-corrected chi connectivity index (χ0v) is 19.1. The fourth-order valence-corrected chi connectivity index (χ4v) is 3.09. The molecule has 0 saturated heterocycles. The minimum absolute atomic E-state index is 0.0802. The third kappa shape index (κ3) is 7.70. The molecule has 1 rings (SSSR count). The molecule has 0 aliphatic heterocycles. The fourth-order valence-electron chi connectivity index (χ4n) is 3.09. The Morgan fingerprint density at radius 2 is 1.27 bits per heavy atom. The Morgan fingerprint density at radius 1 is 0.769 bits per heavy atom. The molecule has 2 atom stereocenters. The molecule has 0 bridgehead atoms. The predicted molar refractivity (Wildman–Crippen MR) is 113 cm³/mol. The molecule has 0 aliphatic carbocycles. The average molecular weight is 363 g/mol. The molecule has 0 N–H and O–H groups in total. The van der Waals surface area contributed by atoms with Gasteiger partial charge in [0.2, 0.25) is 6.29 Å². The molecule has 0 aliphatic rings. The summed E-state index contributed by atoms with van der Waals surface area (Å²) in [5.74, 6) is 1.39. The minimum Gasteiger partial charge on any atom is -0.464 e. The summed E-state index contributed by atoms with van der Waals surface area (Å²) < 4.78 is 12.2. The Morgan fingerprint density at radius 3 is 1.62 bits per heavy atom. The number of benzene rings is 1. The summed E-state index contributed by atoms with van der Waals surface area (Å²) in [5, 5.41) is 0. The van der Waals surface area contributed by atoms with Gasteiger partial charge in [0.15, 0.2) is 0 Å². The van der Waals surface area contributed by atoms with Crippen molar-refractivity contribution in [2.75, 3.05) is 0 Å². The van der Waals surface area contributed by atoms with Crippen molar-refractivity contribution >= 4 is 0 Å². The molecule has 0 heterocycles. The Labute approximate surface area is 162 Å². The second kappa shape index (κ2) is 8.33. The van der Waals surface area contributed by atoms with Gasteiger partial charge < -0.3 is 9.47 Å². The number of hydrogen-bond donors (Lipinski definition) is 0. The summed E-state index contributed by atoms with van der Waals surface area (Å²) in [6.45, 7) is 24.5. The molecule has 0 amide bonds. The standard InChI is InChI=1S/C24H42O2/c1-17(2)25-21(24(9,10)11)26-19-14-12-18(13-15-19)20(23(6,7)8)16-22(3,4)5/h12-15,17,20-21H,16H2,1-11H3. The van der Waals surface area contributed by atoms with Crippen molar-refractivity contribution in [1.29, 1.82) is 0 Å². The maximum atomic E-state index is 6.19. The van der Waals surface area contributed by atoms with Gasteiger partial charge in [-0.2, -0.15) is 0 Å². The van der Waals surface area contributed by atoms with E-state index in [4.69, 9.17) is 9.47 Å². The lowest BCUT2D eigenvalue weighted by Crippen LogP contribution is -2.36. The number of ether oxygens (including phenoxy) is 2. The SMILES string of the molecule is CC(C)OC(Oc1ccc(C(CC(C)(C)C)C(C)(C)C)cc1)C(C)(C)C. The first-order chi connectivity index (χ1) is 11.6. The lowest BCUT2D eigenvalue weighted by molar-refractivity contribution is -0.162. The van der Waals surface area contributed by atoms with Crippen LogP contribution >= 0.6 is 0 Å². The van der Waals surface area contributed by atoms with Gasteiger partial charge >= 0.3 is 0 Å². The molecule has 0 aromatic heterocycles. The van der Waals surface area contributed by atoms with Crippen LogP contribution in [0.1, 0.15) is 94.1 Å². The van der Waals surface area contributed by atoms with Gasteiger partial charge in [0.1, 0.15) is 5.75 Å². The fraction of sp³-hybridized carbons (Fsp3) is 0.750. The van der Waals surface area contributed by atoms with E-state index < -0.39 is 0 Å². The Balaban J connectivity index is 3.01. The van der Waals surface area contributed by atoms with Crippen LogP contribution in [-0.2, 0) is 4.74 Å². The maximum absolute atomic E-state index is 6.19. The third-order valence-corrected chi connectivity index (χ3v) is 4.49. The quantitative estimate of drug-likeness (QED) is 0.490. The van der Waals surface area contributed by atoms with E-state index in [1.165, 1.54) is 5.56 Å². The van der Waals surface area contributed by atoms with Crippen molar-refractivity contribution in [2.24, 2.45) is 16.2 Å². The summed E-state index contributed by atoms with van der Waals surface area (Å²) in [6.07, 6.45) is 1.04. The van der Waals surface area contributed by atoms with E-state index in [1.807, 2.05) is 13.8 Å². The molecule has 0 radical (unpaired) electrons. The topological polar surface area (TPSA) is 18.5 Å². The van der Waals surface area contributed by atoms with Crippen LogP contribution in [0, 0.1) is 16.2 Å². The summed E-state index contributed by atoms with van der Waals surface area (Å²) in [6, 6.07) is 8.65. The van der Waals surface area contributed by atoms with E-state index in [2.05, 4.69) is 86.6 Å². The second-order valence-electron chi connectivity index (χ2n) is 11.3. The second-order valence-corrected chi connectivity index (χ2v) is 11.3. The van der Waals surface area contributed by atoms with Gasteiger partial charge in [-0.15, -0.1) is 0 Å². The highest BCUT2D eigenvalue weighted by atomic mass is 16.7. The average Bonchev–Trinajstić information content (AvgIpc) is 2.41. The molecule has 0 saturated carbocycles. The van der Waals surface area contributed by atoms with Crippen molar-refractivity contribution in [2.45, 2.75) is 101 Å². The van der Waals surface area contributed by atoms with Gasteiger partial charge in [-0.25, -0.2) is 0 Å². The smallest absolute Gasteiger partial charge is 0.204 e. The van der Waals surface area contributed by atoms with Crippen LogP contribution in [0.4, 0.5) is 0 Å². The van der Waals surface area contributed by atoms with Crippen molar-refractivity contribution in [3.63, 3.8) is 0 Å². The Hall–Kier alpha value is -1.02. The van der Waals surface area contributed by atoms with E-state index in [0.717, 1.165) is 12.2 Å². The van der Waals surface area contributed by atoms with Crippen LogP contribution in [0.15, 0.2) is 24.3 Å². The van der Waals surface area contributed by atoms with E-state index in [-0.39, 0.29) is 23.2 Å². The third-order valence-electron chi connectivity index (χ3n) is 4.49. The first-order valence-corrected chi connectivity index (χ1v) is 10.0. The van der Waals surface area contributed by atoms with E-state index in [1.54, 1.807) is 0 Å². The summed E-state index contributed by atoms with van der Waals surface area (Å²) >= 11 is 0. The van der Waals surface area contributed by atoms with Crippen LogP contribution < -0.4 is 4.74 Å². The molecule has 150 valence electrons. The van der Waals surface area contributed by atoms with Gasteiger partial charge in [-0.05, 0) is 54.7 Å². The van der Waals surface area contributed by atoms with E-state index >= 15 is 0 Å². The minimum atomic E-state index is -0.263. The van der Waals surface area contributed by atoms with Crippen molar-refractivity contribution in [1.82, 2.24) is 0 Å². The highest BCUT2D eigenvalue weighted by Crippen LogP contribution is 2.43. The summed E-state index contributed by atoms with van der Waals surface area (Å²) in [4.78, 5) is 0. The zero-order chi connectivity index (χ0) is 20.3. The summed E-state index contributed by atoms with van der Waals surface area (Å²) in [7, 11) is 0. The molecule has 2 unspecified atom stereocenters. The Kier molecular flexibility index (Phi) is 7.38. The Bertz CT molecular complexity index is 536. The van der Waals surface area contributed by atoms with Crippen LogP contribution in [-0.4, -0.2) is 12.4 Å². The van der Waals surface area contributed by atoms with E-state index in [0.29, 0.717) is 11.3 Å². The molecule has 0 spiro atoms. The van der Waals surface area contributed by atoms with Gasteiger partial charge in [-0.1, -0.05) is 74.4 Å². The van der Waals surface area contributed by atoms with Crippen molar-refractivity contribution in [3.8, 4) is 5.75 Å². The molecular formula is C24H42O2. The van der Waals surface area contributed by atoms with Crippen molar-refractivity contribution < 1.29 is 9.47 Å². The predicted octanol–water partition coefficient (Wildman–Crippen LogP) is 7.43. The van der Waals surface area contributed by atoms with Crippen LogP contribution in [0.25, 0.3) is 0 Å². The highest BCUT2D eigenvalue weighted by molar-refractivity contribution is 5.30. The monoisotopic (exact) mass is 362 g/mol. The number of hydrogen-bond acceptors (Lipinski definition) is 2. The zero-order valence-electron chi connectivity index (χ0n) is 19.1. The molecule has 2 heteroatoms. The van der Waals surface area contributed by atoms with Gasteiger partial charge in [-0.3, -0.25) is 0 Å². The first-order valence-electron chi connectivity index (χ1n) is 10.0. The lowest BCUT2D eigenvalue weighted by atomic mass is 9.69. The van der Waals surface area contributed by atoms with E-state index in [9.17, 15) is 0 Å². The lowest BCUT2D eigenvalue weighted by Gasteiger charge is -2.36. The van der Waals surface area contributed by atoms with Gasteiger partial charge in [0.05, 0.1) is 6.10 Å². The first kappa shape index (κ1) is 23.0. The summed E-state index contributed by atoms with van der Waals surface area (Å²) in [5.41, 5.74) is 1.83. The number of rotatable bonds is 6. The normalized spacial score (nSPS) is 15.8. The largest absolute Gasteiger partial charge is 0.464 e. The van der Waals surface area contributed by atoms with Gasteiger partial charge in [0, 0.05) is 5.41 Å². The molecular weight excluding hydrogens is 320 g/mol. The van der Waals surface area contributed by atoms with Crippen LogP contribution in [0.5, 0.6) is 5.75 Å². The van der Waals surface area contributed by atoms with Crippen molar-refractivity contribution in [3.05, 3.63) is 29.8 Å². The van der Waals surface area contributed by atoms with Crippen LogP contribution in [0.3, 0.4) is 0 Å². The molecule has 1 aromatic rings. The highest BCUT2D eigenvalue weighted by Gasteiger charge is 2.31. The molecule has 0 fully saturated rings. The van der Waals surface area contributed by atoms with Crippen LogP contribution in [0.2, 0.25) is 0 Å².